The van der Waals surface area contributed by atoms with Crippen LogP contribution in [0.5, 0.6) is 5.75 Å². The molecule has 0 aliphatic heterocycles. The topological polar surface area (TPSA) is 61.3 Å². The lowest BCUT2D eigenvalue weighted by molar-refractivity contribution is 0.00533. The maximum atomic E-state index is 6.32. The van der Waals surface area contributed by atoms with Crippen LogP contribution in [0.15, 0.2) is 24.3 Å². The highest BCUT2D eigenvalue weighted by molar-refractivity contribution is 5.41. The summed E-state index contributed by atoms with van der Waals surface area (Å²) in [5, 5.41) is 0. The Balaban J connectivity index is 1.62. The van der Waals surface area contributed by atoms with Crippen LogP contribution in [0.4, 0.5) is 5.69 Å². The molecular formula is C15H22N2O. The lowest BCUT2D eigenvalue weighted by Crippen LogP contribution is -2.53. The third-order valence-electron chi connectivity index (χ3n) is 4.88. The Morgan fingerprint density at radius 1 is 0.944 bits per heavy atom. The highest BCUT2D eigenvalue weighted by atomic mass is 16.5. The molecule has 3 saturated carbocycles. The molecule has 1 aromatic carbocycles. The van der Waals surface area contributed by atoms with Gasteiger partial charge in [-0.15, -0.1) is 0 Å². The van der Waals surface area contributed by atoms with E-state index in [2.05, 4.69) is 0 Å². The number of hydrogen-bond donors (Lipinski definition) is 2. The molecule has 4 N–H and O–H groups in total. The van der Waals surface area contributed by atoms with E-state index in [4.69, 9.17) is 16.2 Å². The van der Waals surface area contributed by atoms with E-state index in [0.29, 0.717) is 5.41 Å². The van der Waals surface area contributed by atoms with Crippen molar-refractivity contribution < 1.29 is 4.74 Å². The normalized spacial score (nSPS) is 34.5. The predicted octanol–water partition coefficient (Wildman–Crippen LogP) is 2.70. The predicted molar refractivity (Wildman–Crippen MR) is 73.4 cm³/mol. The van der Waals surface area contributed by atoms with Gasteiger partial charge in [0, 0.05) is 16.6 Å². The Kier molecular flexibility index (Phi) is 2.74. The van der Waals surface area contributed by atoms with Gasteiger partial charge in [0.15, 0.2) is 0 Å². The molecule has 3 fully saturated rings. The molecule has 1 aromatic rings. The third kappa shape index (κ3) is 2.19. The largest absolute Gasteiger partial charge is 0.493 e. The second-order valence-corrected chi connectivity index (χ2v) is 6.22. The van der Waals surface area contributed by atoms with E-state index in [9.17, 15) is 0 Å². The average molecular weight is 246 g/mol. The van der Waals surface area contributed by atoms with Crippen molar-refractivity contribution in [3.05, 3.63) is 24.3 Å². The van der Waals surface area contributed by atoms with Gasteiger partial charge in [-0.1, -0.05) is 0 Å². The second kappa shape index (κ2) is 4.16. The smallest absolute Gasteiger partial charge is 0.119 e. The van der Waals surface area contributed by atoms with Gasteiger partial charge in [0.25, 0.3) is 0 Å². The molecule has 18 heavy (non-hydrogen) atoms. The maximum absolute atomic E-state index is 6.32. The standard InChI is InChI=1S/C15H22N2O/c16-12-1-3-13(4-2-12)18-11-14-5-8-15(17,9-6-14)10-7-14/h1-4H,5-11,16-17H2. The molecule has 0 unspecified atom stereocenters. The summed E-state index contributed by atoms with van der Waals surface area (Å²) in [4.78, 5) is 0. The zero-order chi connectivity index (χ0) is 12.6. The van der Waals surface area contributed by atoms with E-state index < -0.39 is 0 Å². The van der Waals surface area contributed by atoms with Gasteiger partial charge in [-0.3, -0.25) is 0 Å². The van der Waals surface area contributed by atoms with Gasteiger partial charge in [-0.2, -0.15) is 0 Å². The Labute approximate surface area is 108 Å². The minimum atomic E-state index is 0.142. The molecule has 3 heteroatoms. The van der Waals surface area contributed by atoms with Crippen LogP contribution in [0, 0.1) is 5.41 Å². The summed E-state index contributed by atoms with van der Waals surface area (Å²) in [7, 11) is 0. The van der Waals surface area contributed by atoms with Crippen LogP contribution >= 0.6 is 0 Å². The zero-order valence-electron chi connectivity index (χ0n) is 10.8. The van der Waals surface area contributed by atoms with E-state index in [-0.39, 0.29) is 5.54 Å². The van der Waals surface area contributed by atoms with Gasteiger partial charge in [0.2, 0.25) is 0 Å². The fraction of sp³-hybridized carbons (Fsp3) is 0.600. The van der Waals surface area contributed by atoms with Crippen LogP contribution in [-0.2, 0) is 0 Å². The number of benzene rings is 1. The quantitative estimate of drug-likeness (QED) is 0.806. The van der Waals surface area contributed by atoms with Crippen molar-refractivity contribution >= 4 is 5.69 Å². The van der Waals surface area contributed by atoms with E-state index >= 15 is 0 Å². The van der Waals surface area contributed by atoms with Crippen molar-refractivity contribution in [2.24, 2.45) is 11.1 Å². The molecule has 4 rings (SSSR count). The summed E-state index contributed by atoms with van der Waals surface area (Å²) in [6.07, 6.45) is 7.16. The van der Waals surface area contributed by atoms with Crippen molar-refractivity contribution in [3.8, 4) is 5.75 Å². The van der Waals surface area contributed by atoms with Gasteiger partial charge in [0.05, 0.1) is 6.61 Å². The Hall–Kier alpha value is -1.22. The third-order valence-corrected chi connectivity index (χ3v) is 4.88. The molecule has 3 aliphatic rings. The Morgan fingerprint density at radius 2 is 1.50 bits per heavy atom. The van der Waals surface area contributed by atoms with Crippen molar-refractivity contribution in [3.63, 3.8) is 0 Å². The fourth-order valence-corrected chi connectivity index (χ4v) is 3.31. The summed E-state index contributed by atoms with van der Waals surface area (Å²) >= 11 is 0. The molecule has 0 spiro atoms. The van der Waals surface area contributed by atoms with Crippen LogP contribution in [0.3, 0.4) is 0 Å². The summed E-state index contributed by atoms with van der Waals surface area (Å²) in [5.41, 5.74) is 13.3. The number of nitrogens with two attached hydrogens (primary N) is 2. The highest BCUT2D eigenvalue weighted by Gasteiger charge is 2.46. The SMILES string of the molecule is Nc1ccc(OCC23CCC(N)(CC2)CC3)cc1. The first-order valence-corrected chi connectivity index (χ1v) is 6.87. The molecule has 0 amide bonds. The molecule has 0 saturated heterocycles. The van der Waals surface area contributed by atoms with E-state index in [1.165, 1.54) is 19.3 Å². The minimum absolute atomic E-state index is 0.142. The molecule has 0 aromatic heterocycles. The van der Waals surface area contributed by atoms with Gasteiger partial charge in [-0.25, -0.2) is 0 Å². The zero-order valence-corrected chi connectivity index (χ0v) is 10.8. The molecule has 98 valence electrons. The van der Waals surface area contributed by atoms with Crippen LogP contribution in [0.25, 0.3) is 0 Å². The molecule has 2 bridgehead atoms. The lowest BCUT2D eigenvalue weighted by atomic mass is 9.58. The molecular weight excluding hydrogens is 224 g/mol. The molecule has 0 radical (unpaired) electrons. The number of nitrogen functional groups attached to an aromatic ring is 1. The van der Waals surface area contributed by atoms with Crippen LogP contribution in [-0.4, -0.2) is 12.1 Å². The summed E-state index contributed by atoms with van der Waals surface area (Å²) < 4.78 is 5.96. The van der Waals surface area contributed by atoms with Gasteiger partial charge in [-0.05, 0) is 62.8 Å². The Morgan fingerprint density at radius 3 is 2.06 bits per heavy atom. The first-order chi connectivity index (χ1) is 8.59. The Bertz CT molecular complexity index is 402. The van der Waals surface area contributed by atoms with E-state index in [0.717, 1.165) is 37.3 Å². The second-order valence-electron chi connectivity index (χ2n) is 6.22. The average Bonchev–Trinajstić information content (AvgIpc) is 2.40. The monoisotopic (exact) mass is 246 g/mol. The number of hydrogen-bond acceptors (Lipinski definition) is 3. The first kappa shape index (κ1) is 11.8. The van der Waals surface area contributed by atoms with Crippen molar-refractivity contribution in [1.82, 2.24) is 0 Å². The molecule has 0 atom stereocenters. The van der Waals surface area contributed by atoms with Gasteiger partial charge < -0.3 is 16.2 Å². The fourth-order valence-electron chi connectivity index (χ4n) is 3.31. The lowest BCUT2D eigenvalue weighted by Gasteiger charge is -2.51. The van der Waals surface area contributed by atoms with Crippen molar-refractivity contribution in [1.29, 1.82) is 0 Å². The number of ether oxygens (including phenoxy) is 1. The van der Waals surface area contributed by atoms with Crippen molar-refractivity contribution in [2.45, 2.75) is 44.1 Å². The van der Waals surface area contributed by atoms with E-state index in [1.807, 2.05) is 24.3 Å². The van der Waals surface area contributed by atoms with Crippen LogP contribution in [0.2, 0.25) is 0 Å². The summed E-state index contributed by atoms with van der Waals surface area (Å²) in [5.74, 6) is 0.925. The van der Waals surface area contributed by atoms with Gasteiger partial charge in [0.1, 0.15) is 5.75 Å². The maximum Gasteiger partial charge on any atom is 0.119 e. The number of fused-ring (bicyclic) bond motifs is 3. The van der Waals surface area contributed by atoms with Crippen molar-refractivity contribution in [2.75, 3.05) is 12.3 Å². The summed E-state index contributed by atoms with van der Waals surface area (Å²) in [6, 6.07) is 7.68. The van der Waals surface area contributed by atoms with Crippen LogP contribution in [0.1, 0.15) is 38.5 Å². The molecule has 3 nitrogen and oxygen atoms in total. The van der Waals surface area contributed by atoms with Crippen LogP contribution < -0.4 is 16.2 Å². The first-order valence-electron chi connectivity index (χ1n) is 6.87. The molecule has 0 heterocycles. The molecule has 3 aliphatic carbocycles. The minimum Gasteiger partial charge on any atom is -0.493 e. The number of rotatable bonds is 3. The van der Waals surface area contributed by atoms with Gasteiger partial charge >= 0.3 is 0 Å². The number of anilines is 1. The highest BCUT2D eigenvalue weighted by Crippen LogP contribution is 2.51. The summed E-state index contributed by atoms with van der Waals surface area (Å²) in [6.45, 7) is 0.826. The van der Waals surface area contributed by atoms with E-state index in [1.54, 1.807) is 0 Å².